The third-order valence-electron chi connectivity index (χ3n) is 5.97. The van der Waals surface area contributed by atoms with Crippen molar-refractivity contribution in [2.45, 2.75) is 45.8 Å². The van der Waals surface area contributed by atoms with E-state index in [-0.39, 0.29) is 23.6 Å². The zero-order chi connectivity index (χ0) is 24.1. The van der Waals surface area contributed by atoms with Gasteiger partial charge in [-0.3, -0.25) is 9.59 Å². The number of ether oxygens (including phenoxy) is 2. The van der Waals surface area contributed by atoms with Crippen LogP contribution in [-0.2, 0) is 17.8 Å². The smallest absolute Gasteiger partial charge is 0.290 e. The van der Waals surface area contributed by atoms with Crippen LogP contribution in [-0.4, -0.2) is 36.0 Å². The SMILES string of the molecule is CCOc1ccc(C(C)NC(=O)C2Cc3ccccc3CN2C(=O)c2ccco2)cc1OCC. The minimum atomic E-state index is -0.649. The molecule has 2 heterocycles. The van der Waals surface area contributed by atoms with Gasteiger partial charge in [-0.15, -0.1) is 0 Å². The number of carbonyl (C=O) groups is 2. The Morgan fingerprint density at radius 1 is 1.03 bits per heavy atom. The van der Waals surface area contributed by atoms with Crippen LogP contribution in [0.25, 0.3) is 0 Å². The maximum Gasteiger partial charge on any atom is 0.290 e. The fraction of sp³-hybridized carbons (Fsp3) is 0.333. The van der Waals surface area contributed by atoms with Gasteiger partial charge < -0.3 is 24.1 Å². The maximum absolute atomic E-state index is 13.5. The average molecular weight is 463 g/mol. The summed E-state index contributed by atoms with van der Waals surface area (Å²) in [4.78, 5) is 28.2. The van der Waals surface area contributed by atoms with Crippen LogP contribution in [0.5, 0.6) is 11.5 Å². The average Bonchev–Trinajstić information content (AvgIpc) is 3.39. The molecular formula is C27H30N2O5. The van der Waals surface area contributed by atoms with E-state index in [1.165, 1.54) is 6.26 Å². The van der Waals surface area contributed by atoms with E-state index in [1.54, 1.807) is 17.0 Å². The van der Waals surface area contributed by atoms with E-state index < -0.39 is 6.04 Å². The molecule has 2 unspecified atom stereocenters. The molecular weight excluding hydrogens is 432 g/mol. The molecule has 178 valence electrons. The van der Waals surface area contributed by atoms with Crippen molar-refractivity contribution >= 4 is 11.8 Å². The lowest BCUT2D eigenvalue weighted by atomic mass is 9.93. The Labute approximate surface area is 199 Å². The second-order valence-corrected chi connectivity index (χ2v) is 8.20. The quantitative estimate of drug-likeness (QED) is 0.532. The molecule has 0 spiro atoms. The summed E-state index contributed by atoms with van der Waals surface area (Å²) in [5, 5.41) is 3.09. The second-order valence-electron chi connectivity index (χ2n) is 8.20. The number of carbonyl (C=O) groups excluding carboxylic acids is 2. The van der Waals surface area contributed by atoms with Crippen molar-refractivity contribution in [3.63, 3.8) is 0 Å². The molecule has 34 heavy (non-hydrogen) atoms. The van der Waals surface area contributed by atoms with Gasteiger partial charge in [0.2, 0.25) is 5.91 Å². The highest BCUT2D eigenvalue weighted by Gasteiger charge is 2.36. The third kappa shape index (κ3) is 4.93. The summed E-state index contributed by atoms with van der Waals surface area (Å²) in [6.07, 6.45) is 1.90. The van der Waals surface area contributed by atoms with Crippen LogP contribution in [0, 0.1) is 0 Å². The number of nitrogens with one attached hydrogen (secondary N) is 1. The van der Waals surface area contributed by atoms with E-state index in [9.17, 15) is 9.59 Å². The summed E-state index contributed by atoms with van der Waals surface area (Å²) in [6.45, 7) is 7.15. The molecule has 1 aromatic heterocycles. The summed E-state index contributed by atoms with van der Waals surface area (Å²) in [6, 6.07) is 15.9. The number of furan rings is 1. The van der Waals surface area contributed by atoms with Crippen molar-refractivity contribution < 1.29 is 23.5 Å². The molecule has 7 heteroatoms. The predicted molar refractivity (Wildman–Crippen MR) is 128 cm³/mol. The molecule has 2 aromatic carbocycles. The number of hydrogen-bond donors (Lipinski definition) is 1. The van der Waals surface area contributed by atoms with Gasteiger partial charge in [0, 0.05) is 13.0 Å². The molecule has 7 nitrogen and oxygen atoms in total. The first-order chi connectivity index (χ1) is 16.5. The standard InChI is InChI=1S/C27H30N2O5/c1-4-32-23-13-12-19(16-25(23)33-5-2)18(3)28-26(30)22-15-20-9-6-7-10-21(20)17-29(22)27(31)24-11-8-14-34-24/h6-14,16,18,22H,4-5,15,17H2,1-3H3,(H,28,30). The zero-order valence-corrected chi connectivity index (χ0v) is 19.7. The fourth-order valence-electron chi connectivity index (χ4n) is 4.24. The Bertz CT molecular complexity index is 1140. The monoisotopic (exact) mass is 462 g/mol. The van der Waals surface area contributed by atoms with Crippen LogP contribution in [0.15, 0.2) is 65.3 Å². The van der Waals surface area contributed by atoms with E-state index >= 15 is 0 Å². The number of rotatable bonds is 8. The van der Waals surface area contributed by atoms with E-state index in [0.717, 1.165) is 16.7 Å². The van der Waals surface area contributed by atoms with Crippen molar-refractivity contribution in [2.75, 3.05) is 13.2 Å². The summed E-state index contributed by atoms with van der Waals surface area (Å²) in [5.41, 5.74) is 2.99. The van der Waals surface area contributed by atoms with Gasteiger partial charge in [0.1, 0.15) is 6.04 Å². The van der Waals surface area contributed by atoms with Gasteiger partial charge in [-0.2, -0.15) is 0 Å². The van der Waals surface area contributed by atoms with Crippen molar-refractivity contribution in [1.29, 1.82) is 0 Å². The van der Waals surface area contributed by atoms with E-state index in [4.69, 9.17) is 13.9 Å². The molecule has 0 fully saturated rings. The molecule has 1 aliphatic heterocycles. The lowest BCUT2D eigenvalue weighted by Crippen LogP contribution is -2.52. The highest BCUT2D eigenvalue weighted by Crippen LogP contribution is 2.31. The zero-order valence-electron chi connectivity index (χ0n) is 19.7. The number of amides is 2. The van der Waals surface area contributed by atoms with Crippen molar-refractivity contribution in [2.24, 2.45) is 0 Å². The first-order valence-electron chi connectivity index (χ1n) is 11.6. The fourth-order valence-corrected chi connectivity index (χ4v) is 4.24. The molecule has 3 aromatic rings. The second kappa shape index (κ2) is 10.5. The number of hydrogen-bond acceptors (Lipinski definition) is 5. The van der Waals surface area contributed by atoms with Crippen LogP contribution < -0.4 is 14.8 Å². The minimum Gasteiger partial charge on any atom is -0.490 e. The van der Waals surface area contributed by atoms with E-state index in [1.807, 2.05) is 63.2 Å². The number of fused-ring (bicyclic) bond motifs is 1. The first kappa shape index (κ1) is 23.4. The van der Waals surface area contributed by atoms with Crippen molar-refractivity contribution in [3.05, 3.63) is 83.3 Å². The number of nitrogens with zero attached hydrogens (tertiary/aromatic N) is 1. The molecule has 0 saturated heterocycles. The molecule has 0 saturated carbocycles. The van der Waals surface area contributed by atoms with Gasteiger partial charge in [-0.25, -0.2) is 0 Å². The molecule has 2 amide bonds. The van der Waals surface area contributed by atoms with Crippen molar-refractivity contribution in [3.8, 4) is 11.5 Å². The molecule has 4 rings (SSSR count). The van der Waals surface area contributed by atoms with Gasteiger partial charge >= 0.3 is 0 Å². The van der Waals surface area contributed by atoms with Crippen LogP contribution in [0.3, 0.4) is 0 Å². The summed E-state index contributed by atoms with van der Waals surface area (Å²) < 4.78 is 16.7. The van der Waals surface area contributed by atoms with Crippen LogP contribution in [0.2, 0.25) is 0 Å². The summed E-state index contributed by atoms with van der Waals surface area (Å²) in [7, 11) is 0. The Balaban J connectivity index is 1.56. The van der Waals surface area contributed by atoms with Crippen LogP contribution in [0.4, 0.5) is 0 Å². The highest BCUT2D eigenvalue weighted by molar-refractivity contribution is 5.96. The van der Waals surface area contributed by atoms with E-state index in [0.29, 0.717) is 37.7 Å². The van der Waals surface area contributed by atoms with Gasteiger partial charge in [0.25, 0.3) is 5.91 Å². The van der Waals surface area contributed by atoms with Crippen molar-refractivity contribution in [1.82, 2.24) is 10.2 Å². The molecule has 0 radical (unpaired) electrons. The van der Waals surface area contributed by atoms with E-state index in [2.05, 4.69) is 5.32 Å². The lowest BCUT2D eigenvalue weighted by Gasteiger charge is -2.36. The number of benzene rings is 2. The van der Waals surface area contributed by atoms with Gasteiger partial charge in [-0.05, 0) is 61.7 Å². The molecule has 0 bridgehead atoms. The summed E-state index contributed by atoms with van der Waals surface area (Å²) in [5.74, 6) is 1.02. The third-order valence-corrected chi connectivity index (χ3v) is 5.97. The lowest BCUT2D eigenvalue weighted by molar-refractivity contribution is -0.126. The molecule has 0 aliphatic carbocycles. The Kier molecular flexibility index (Phi) is 7.21. The van der Waals surface area contributed by atoms with Crippen LogP contribution in [0.1, 0.15) is 54.1 Å². The largest absolute Gasteiger partial charge is 0.490 e. The summed E-state index contributed by atoms with van der Waals surface area (Å²) >= 11 is 0. The van der Waals surface area contributed by atoms with Gasteiger partial charge in [-0.1, -0.05) is 30.3 Å². The normalized spacial score (nSPS) is 15.9. The Morgan fingerprint density at radius 3 is 2.47 bits per heavy atom. The molecule has 1 aliphatic rings. The van der Waals surface area contributed by atoms with Gasteiger partial charge in [0.15, 0.2) is 17.3 Å². The predicted octanol–water partition coefficient (Wildman–Crippen LogP) is 4.52. The van der Waals surface area contributed by atoms with Crippen LogP contribution >= 0.6 is 0 Å². The molecule has 1 N–H and O–H groups in total. The minimum absolute atomic E-state index is 0.214. The maximum atomic E-state index is 13.5. The topological polar surface area (TPSA) is 81.0 Å². The molecule has 2 atom stereocenters. The first-order valence-corrected chi connectivity index (χ1v) is 11.6. The highest BCUT2D eigenvalue weighted by atomic mass is 16.5. The Morgan fingerprint density at radius 2 is 1.76 bits per heavy atom. The van der Waals surface area contributed by atoms with Gasteiger partial charge in [0.05, 0.1) is 25.5 Å². The Hall–Kier alpha value is -3.74.